The molecule has 242 valence electrons. The fourth-order valence-electron chi connectivity index (χ4n) is 5.71. The molecule has 11 heteroatoms. The maximum Gasteiger partial charge on any atom is 0.264 e. The highest BCUT2D eigenvalue weighted by atomic mass is 35.5. The van der Waals surface area contributed by atoms with Gasteiger partial charge in [0.2, 0.25) is 11.8 Å². The monoisotopic (exact) mass is 655 g/mol. The van der Waals surface area contributed by atoms with E-state index in [0.717, 1.165) is 47.5 Å². The Morgan fingerprint density at radius 3 is 2.22 bits per heavy atom. The molecule has 1 fully saturated rings. The summed E-state index contributed by atoms with van der Waals surface area (Å²) in [6.45, 7) is 4.92. The number of carbonyl (C=O) groups is 2. The lowest BCUT2D eigenvalue weighted by molar-refractivity contribution is -0.139. The average molecular weight is 656 g/mol. The zero-order chi connectivity index (χ0) is 32.7. The highest BCUT2D eigenvalue weighted by Gasteiger charge is 2.34. The maximum atomic E-state index is 14.3. The van der Waals surface area contributed by atoms with Crippen molar-refractivity contribution in [2.75, 3.05) is 25.1 Å². The lowest BCUT2D eigenvalue weighted by Gasteiger charge is -2.33. The Morgan fingerprint density at radius 2 is 1.60 bits per heavy atom. The number of nitrogens with one attached hydrogen (secondary N) is 1. The first kappa shape index (κ1) is 34.1. The van der Waals surface area contributed by atoms with Crippen molar-refractivity contribution in [3.8, 4) is 11.5 Å². The molecule has 1 aliphatic rings. The van der Waals surface area contributed by atoms with E-state index in [0.29, 0.717) is 22.0 Å². The van der Waals surface area contributed by atoms with Crippen LogP contribution in [0.25, 0.3) is 0 Å². The molecule has 1 aliphatic carbocycles. The number of ether oxygens (including phenoxy) is 2. The van der Waals surface area contributed by atoms with Crippen molar-refractivity contribution in [2.45, 2.75) is 76.4 Å². The molecule has 3 aromatic carbocycles. The van der Waals surface area contributed by atoms with Crippen LogP contribution in [-0.2, 0) is 26.2 Å². The van der Waals surface area contributed by atoms with Gasteiger partial charge in [-0.25, -0.2) is 8.42 Å². The van der Waals surface area contributed by atoms with Gasteiger partial charge in [-0.1, -0.05) is 49.1 Å². The van der Waals surface area contributed by atoms with Gasteiger partial charge in [0.1, 0.15) is 12.6 Å². The van der Waals surface area contributed by atoms with Crippen LogP contribution in [-0.4, -0.2) is 58.0 Å². The normalized spacial score (nSPS) is 14.4. The van der Waals surface area contributed by atoms with E-state index in [4.69, 9.17) is 21.1 Å². The number of amides is 2. The summed E-state index contributed by atoms with van der Waals surface area (Å²) in [5, 5.41) is 3.61. The lowest BCUT2D eigenvalue weighted by Crippen LogP contribution is -2.53. The number of benzene rings is 3. The molecule has 1 atom stereocenters. The summed E-state index contributed by atoms with van der Waals surface area (Å²) >= 11 is 6.26. The molecule has 0 aliphatic heterocycles. The number of methoxy groups -OCH3 is 2. The molecular formula is C34H42ClN3O6S. The number of anilines is 1. The summed E-state index contributed by atoms with van der Waals surface area (Å²) < 4.78 is 40.4. The van der Waals surface area contributed by atoms with Crippen LogP contribution in [0.15, 0.2) is 65.6 Å². The van der Waals surface area contributed by atoms with E-state index in [-0.39, 0.29) is 29.1 Å². The van der Waals surface area contributed by atoms with Crippen LogP contribution < -0.4 is 19.1 Å². The molecule has 0 bridgehead atoms. The number of nitrogens with zero attached hydrogens (tertiary/aromatic N) is 2. The van der Waals surface area contributed by atoms with E-state index in [1.165, 1.54) is 37.3 Å². The highest BCUT2D eigenvalue weighted by molar-refractivity contribution is 7.92. The number of sulfonamides is 1. The molecule has 9 nitrogen and oxygen atoms in total. The Balaban J connectivity index is 1.74. The number of hydrogen-bond donors (Lipinski definition) is 1. The van der Waals surface area contributed by atoms with Crippen LogP contribution >= 0.6 is 11.6 Å². The van der Waals surface area contributed by atoms with Crippen molar-refractivity contribution < 1.29 is 27.5 Å². The van der Waals surface area contributed by atoms with Gasteiger partial charge in [-0.05, 0) is 86.7 Å². The Morgan fingerprint density at radius 1 is 0.933 bits per heavy atom. The zero-order valence-electron chi connectivity index (χ0n) is 26.5. The maximum absolute atomic E-state index is 14.3. The van der Waals surface area contributed by atoms with Gasteiger partial charge in [0.15, 0.2) is 11.5 Å². The predicted octanol–water partition coefficient (Wildman–Crippen LogP) is 6.04. The summed E-state index contributed by atoms with van der Waals surface area (Å²) in [4.78, 5) is 29.2. The van der Waals surface area contributed by atoms with Crippen molar-refractivity contribution in [2.24, 2.45) is 0 Å². The van der Waals surface area contributed by atoms with E-state index in [2.05, 4.69) is 5.32 Å². The van der Waals surface area contributed by atoms with Gasteiger partial charge in [0.25, 0.3) is 10.0 Å². The summed E-state index contributed by atoms with van der Waals surface area (Å²) in [6.07, 6.45) is 5.02. The van der Waals surface area contributed by atoms with Gasteiger partial charge in [0, 0.05) is 23.7 Å². The number of rotatable bonds is 12. The number of aryl methyl sites for hydroxylation is 2. The van der Waals surface area contributed by atoms with Gasteiger partial charge in [-0.15, -0.1) is 0 Å². The molecule has 0 radical (unpaired) electrons. The minimum atomic E-state index is -4.29. The summed E-state index contributed by atoms with van der Waals surface area (Å²) in [5.41, 5.74) is 2.72. The molecule has 0 heterocycles. The fourth-order valence-corrected chi connectivity index (χ4v) is 7.34. The van der Waals surface area contributed by atoms with Crippen LogP contribution in [0.3, 0.4) is 0 Å². The minimum Gasteiger partial charge on any atom is -0.493 e. The molecule has 1 saturated carbocycles. The smallest absolute Gasteiger partial charge is 0.264 e. The number of hydrogen-bond acceptors (Lipinski definition) is 6. The third-order valence-corrected chi connectivity index (χ3v) is 10.1. The van der Waals surface area contributed by atoms with E-state index in [1.807, 2.05) is 26.0 Å². The molecular weight excluding hydrogens is 614 g/mol. The first-order chi connectivity index (χ1) is 21.4. The van der Waals surface area contributed by atoms with E-state index < -0.39 is 28.5 Å². The molecule has 0 spiro atoms. The SMILES string of the molecule is COc1ccc(S(=O)(=O)N(CC(=O)N(Cc2cccc(Cl)c2)C(C)C(=O)NC2CCCCC2)c2cc(C)cc(C)c2)cc1OC. The molecule has 1 N–H and O–H groups in total. The minimum absolute atomic E-state index is 0.0500. The third kappa shape index (κ3) is 8.49. The van der Waals surface area contributed by atoms with Crippen molar-refractivity contribution in [3.63, 3.8) is 0 Å². The summed E-state index contributed by atoms with van der Waals surface area (Å²) in [7, 11) is -1.40. The largest absolute Gasteiger partial charge is 0.493 e. The topological polar surface area (TPSA) is 105 Å². The van der Waals surface area contributed by atoms with Crippen molar-refractivity contribution in [1.82, 2.24) is 10.2 Å². The van der Waals surface area contributed by atoms with E-state index in [1.54, 1.807) is 37.3 Å². The molecule has 45 heavy (non-hydrogen) atoms. The van der Waals surface area contributed by atoms with E-state index in [9.17, 15) is 18.0 Å². The van der Waals surface area contributed by atoms with Crippen LogP contribution in [0.2, 0.25) is 5.02 Å². The first-order valence-corrected chi connectivity index (χ1v) is 16.9. The molecule has 1 unspecified atom stereocenters. The predicted molar refractivity (Wildman–Crippen MR) is 176 cm³/mol. The van der Waals surface area contributed by atoms with Crippen LogP contribution in [0.1, 0.15) is 55.7 Å². The zero-order valence-corrected chi connectivity index (χ0v) is 28.1. The number of carbonyl (C=O) groups excluding carboxylic acids is 2. The van der Waals surface area contributed by atoms with Gasteiger partial charge in [-0.3, -0.25) is 13.9 Å². The number of halogens is 1. The molecule has 0 aromatic heterocycles. The first-order valence-electron chi connectivity index (χ1n) is 15.1. The van der Waals surface area contributed by atoms with E-state index >= 15 is 0 Å². The summed E-state index contributed by atoms with van der Waals surface area (Å²) in [5.74, 6) is -0.209. The second-order valence-corrected chi connectivity index (χ2v) is 13.8. The fraction of sp³-hybridized carbons (Fsp3) is 0.412. The Hall–Kier alpha value is -3.76. The average Bonchev–Trinajstić information content (AvgIpc) is 3.01. The molecule has 3 aromatic rings. The van der Waals surface area contributed by atoms with Crippen LogP contribution in [0.4, 0.5) is 5.69 Å². The van der Waals surface area contributed by atoms with Gasteiger partial charge >= 0.3 is 0 Å². The van der Waals surface area contributed by atoms with Gasteiger partial charge in [-0.2, -0.15) is 0 Å². The summed E-state index contributed by atoms with van der Waals surface area (Å²) in [6, 6.07) is 15.9. The van der Waals surface area contributed by atoms with Gasteiger partial charge < -0.3 is 19.7 Å². The molecule has 2 amide bonds. The van der Waals surface area contributed by atoms with Crippen molar-refractivity contribution in [3.05, 3.63) is 82.4 Å². The van der Waals surface area contributed by atoms with Crippen molar-refractivity contribution >= 4 is 39.1 Å². The highest BCUT2D eigenvalue weighted by Crippen LogP contribution is 2.33. The van der Waals surface area contributed by atoms with Gasteiger partial charge in [0.05, 0.1) is 24.8 Å². The molecule has 0 saturated heterocycles. The second kappa shape index (κ2) is 15.0. The quantitative estimate of drug-likeness (QED) is 0.255. The van der Waals surface area contributed by atoms with Crippen LogP contribution in [0.5, 0.6) is 11.5 Å². The Labute approximate surface area is 271 Å². The Kier molecular flexibility index (Phi) is 11.4. The second-order valence-electron chi connectivity index (χ2n) is 11.5. The molecule has 4 rings (SSSR count). The van der Waals surface area contributed by atoms with Crippen molar-refractivity contribution in [1.29, 1.82) is 0 Å². The Bertz CT molecular complexity index is 1600. The standard InChI is InChI=1S/C34H42ClN3O6S/c1-23-16-24(2)18-29(17-23)38(45(41,42)30-14-15-31(43-4)32(20-30)44-5)22-33(39)37(21-26-10-9-11-27(35)19-26)25(3)34(40)36-28-12-7-6-8-13-28/h9-11,14-20,25,28H,6-8,12-13,21-22H2,1-5H3,(H,36,40). The van der Waals surface area contributed by atoms with Crippen LogP contribution in [0, 0.1) is 13.8 Å². The third-order valence-electron chi connectivity index (χ3n) is 8.08. The lowest BCUT2D eigenvalue weighted by atomic mass is 9.95.